The summed E-state index contributed by atoms with van der Waals surface area (Å²) in [6, 6.07) is -0.373. The summed E-state index contributed by atoms with van der Waals surface area (Å²) >= 11 is 0. The average Bonchev–Trinajstić information content (AvgIpc) is 2.65. The fourth-order valence-electron chi connectivity index (χ4n) is 1.91. The number of aliphatic hydroxyl groups is 1. The molecule has 1 fully saturated rings. The molecule has 1 amide bonds. The molecule has 0 saturated carbocycles. The molecule has 1 rings (SSSR count). The maximum absolute atomic E-state index is 12.0. The van der Waals surface area contributed by atoms with Gasteiger partial charge in [-0.25, -0.2) is 0 Å². The number of carbonyl (C=O) groups is 1. The summed E-state index contributed by atoms with van der Waals surface area (Å²) in [5, 5.41) is 12.7. The Morgan fingerprint density at radius 2 is 2.27 bits per heavy atom. The lowest BCUT2D eigenvalue weighted by Gasteiger charge is -2.25. The molecular weight excluding hydrogens is 192 g/mol. The van der Waals surface area contributed by atoms with Crippen LogP contribution in [0.2, 0.25) is 0 Å². The van der Waals surface area contributed by atoms with Crippen LogP contribution < -0.4 is 5.32 Å². The van der Waals surface area contributed by atoms with E-state index in [9.17, 15) is 9.90 Å². The minimum Gasteiger partial charge on any atom is -0.391 e. The van der Waals surface area contributed by atoms with Crippen LogP contribution in [0.15, 0.2) is 0 Å². The topological polar surface area (TPSA) is 52.6 Å². The highest BCUT2D eigenvalue weighted by Gasteiger charge is 2.33. The van der Waals surface area contributed by atoms with Crippen molar-refractivity contribution in [3.05, 3.63) is 0 Å². The van der Waals surface area contributed by atoms with E-state index in [1.165, 1.54) is 0 Å². The lowest BCUT2D eigenvalue weighted by Crippen LogP contribution is -2.48. The Labute approximate surface area is 91.6 Å². The predicted octanol–water partition coefficient (Wildman–Crippen LogP) is 0.358. The van der Waals surface area contributed by atoms with Crippen molar-refractivity contribution in [1.29, 1.82) is 0 Å². The summed E-state index contributed by atoms with van der Waals surface area (Å²) in [5.74, 6) is 0.0518. The molecule has 0 aromatic rings. The summed E-state index contributed by atoms with van der Waals surface area (Å²) in [5.41, 5.74) is 0. The van der Waals surface area contributed by atoms with Gasteiger partial charge >= 0.3 is 0 Å². The van der Waals surface area contributed by atoms with Crippen molar-refractivity contribution in [3.63, 3.8) is 0 Å². The van der Waals surface area contributed by atoms with Gasteiger partial charge < -0.3 is 15.3 Å². The van der Waals surface area contributed by atoms with Crippen LogP contribution in [-0.4, -0.2) is 47.7 Å². The molecule has 15 heavy (non-hydrogen) atoms. The summed E-state index contributed by atoms with van der Waals surface area (Å²) < 4.78 is 0. The first kappa shape index (κ1) is 12.5. The minimum absolute atomic E-state index is 0.0518. The lowest BCUT2D eigenvalue weighted by molar-refractivity contribution is -0.135. The molecule has 0 aromatic heterocycles. The highest BCUT2D eigenvalue weighted by molar-refractivity contribution is 5.82. The predicted molar refractivity (Wildman–Crippen MR) is 59.6 cm³/mol. The molecule has 1 aliphatic heterocycles. The Morgan fingerprint density at radius 1 is 1.53 bits per heavy atom. The number of aliphatic hydroxyl groups excluding tert-OH is 1. The van der Waals surface area contributed by atoms with E-state index in [0.29, 0.717) is 6.42 Å². The number of unbranched alkanes of at least 4 members (excludes halogenated alkanes) is 1. The fraction of sp³-hybridized carbons (Fsp3) is 0.909. The van der Waals surface area contributed by atoms with E-state index in [0.717, 1.165) is 32.5 Å². The van der Waals surface area contributed by atoms with Gasteiger partial charge in [-0.1, -0.05) is 13.3 Å². The van der Waals surface area contributed by atoms with Crippen molar-refractivity contribution < 1.29 is 9.90 Å². The van der Waals surface area contributed by atoms with E-state index < -0.39 is 6.10 Å². The second-order valence-corrected chi connectivity index (χ2v) is 4.06. The summed E-state index contributed by atoms with van der Waals surface area (Å²) in [7, 11) is 0. The van der Waals surface area contributed by atoms with Gasteiger partial charge in [-0.2, -0.15) is 0 Å². The number of likely N-dealkylation sites (N-methyl/N-ethyl adjacent to an activating group) is 1. The number of amides is 1. The zero-order valence-corrected chi connectivity index (χ0v) is 9.70. The number of rotatable bonds is 5. The van der Waals surface area contributed by atoms with Gasteiger partial charge in [0.2, 0.25) is 5.91 Å². The van der Waals surface area contributed by atoms with Gasteiger partial charge in [0.05, 0.1) is 6.10 Å². The van der Waals surface area contributed by atoms with Gasteiger partial charge in [-0.3, -0.25) is 4.79 Å². The number of hydrogen-bond donors (Lipinski definition) is 2. The van der Waals surface area contributed by atoms with Crippen LogP contribution in [0.5, 0.6) is 0 Å². The van der Waals surface area contributed by atoms with Gasteiger partial charge in [0.1, 0.15) is 6.04 Å². The third-order valence-corrected chi connectivity index (χ3v) is 2.93. The molecule has 4 nitrogen and oxygen atoms in total. The molecular formula is C11H22N2O2. The first-order valence-corrected chi connectivity index (χ1v) is 5.91. The van der Waals surface area contributed by atoms with Crippen LogP contribution in [0.3, 0.4) is 0 Å². The number of nitrogens with zero attached hydrogens (tertiary/aromatic N) is 1. The van der Waals surface area contributed by atoms with E-state index in [-0.39, 0.29) is 11.9 Å². The summed E-state index contributed by atoms with van der Waals surface area (Å²) in [6.07, 6.45) is 2.29. The van der Waals surface area contributed by atoms with Crippen molar-refractivity contribution in [3.8, 4) is 0 Å². The number of carbonyl (C=O) groups excluding carboxylic acids is 1. The molecule has 0 bridgehead atoms. The zero-order chi connectivity index (χ0) is 11.3. The van der Waals surface area contributed by atoms with Crippen LogP contribution in [0.1, 0.15) is 33.1 Å². The molecule has 0 radical (unpaired) electrons. The molecule has 1 unspecified atom stereocenters. The second kappa shape index (κ2) is 6.08. The van der Waals surface area contributed by atoms with E-state index >= 15 is 0 Å². The monoisotopic (exact) mass is 214 g/mol. The molecule has 88 valence electrons. The Kier molecular flexibility index (Phi) is 5.05. The molecule has 1 aliphatic rings. The highest BCUT2D eigenvalue weighted by atomic mass is 16.3. The van der Waals surface area contributed by atoms with Crippen molar-refractivity contribution in [2.75, 3.05) is 19.6 Å². The van der Waals surface area contributed by atoms with Crippen molar-refractivity contribution in [1.82, 2.24) is 10.2 Å². The molecule has 1 saturated heterocycles. The van der Waals surface area contributed by atoms with Gasteiger partial charge in [-0.05, 0) is 26.3 Å². The maximum atomic E-state index is 12.0. The lowest BCUT2D eigenvalue weighted by atomic mass is 10.1. The van der Waals surface area contributed by atoms with Gasteiger partial charge in [0.15, 0.2) is 0 Å². The van der Waals surface area contributed by atoms with Crippen molar-refractivity contribution in [2.45, 2.75) is 45.3 Å². The standard InChI is InChI=1S/C11H22N2O2/c1-3-5-8-13(4-2)11(15)10-9(14)6-7-12-10/h9-10,12,14H,3-8H2,1-2H3/t9?,10-/m0/s1. The SMILES string of the molecule is CCCCN(CC)C(=O)[C@H]1NCCC1O. The minimum atomic E-state index is -0.506. The van der Waals surface area contributed by atoms with Crippen LogP contribution in [0.4, 0.5) is 0 Å². The van der Waals surface area contributed by atoms with Crippen LogP contribution >= 0.6 is 0 Å². The molecule has 2 atom stereocenters. The largest absolute Gasteiger partial charge is 0.391 e. The number of hydrogen-bond acceptors (Lipinski definition) is 3. The van der Waals surface area contributed by atoms with Crippen LogP contribution in [0.25, 0.3) is 0 Å². The Morgan fingerprint density at radius 3 is 2.73 bits per heavy atom. The molecule has 1 heterocycles. The average molecular weight is 214 g/mol. The van der Waals surface area contributed by atoms with Gasteiger partial charge in [-0.15, -0.1) is 0 Å². The van der Waals surface area contributed by atoms with E-state index in [1.54, 1.807) is 0 Å². The third-order valence-electron chi connectivity index (χ3n) is 2.93. The Bertz CT molecular complexity index is 209. The molecule has 0 aliphatic carbocycles. The third kappa shape index (κ3) is 3.18. The van der Waals surface area contributed by atoms with Crippen LogP contribution in [0, 0.1) is 0 Å². The first-order valence-electron chi connectivity index (χ1n) is 5.91. The zero-order valence-electron chi connectivity index (χ0n) is 9.70. The van der Waals surface area contributed by atoms with E-state index in [4.69, 9.17) is 0 Å². The van der Waals surface area contributed by atoms with Crippen molar-refractivity contribution >= 4 is 5.91 Å². The molecule has 2 N–H and O–H groups in total. The highest BCUT2D eigenvalue weighted by Crippen LogP contribution is 2.10. The first-order chi connectivity index (χ1) is 7.20. The summed E-state index contributed by atoms with van der Waals surface area (Å²) in [4.78, 5) is 13.8. The van der Waals surface area contributed by atoms with Crippen molar-refractivity contribution in [2.24, 2.45) is 0 Å². The molecule has 0 aromatic carbocycles. The second-order valence-electron chi connectivity index (χ2n) is 4.06. The number of nitrogens with one attached hydrogen (secondary N) is 1. The molecule has 4 heteroatoms. The molecule has 0 spiro atoms. The Hall–Kier alpha value is -0.610. The fourth-order valence-corrected chi connectivity index (χ4v) is 1.91. The van der Waals surface area contributed by atoms with Gasteiger partial charge in [0, 0.05) is 13.1 Å². The smallest absolute Gasteiger partial charge is 0.242 e. The van der Waals surface area contributed by atoms with Crippen LogP contribution in [-0.2, 0) is 4.79 Å². The quantitative estimate of drug-likeness (QED) is 0.694. The van der Waals surface area contributed by atoms with E-state index in [2.05, 4.69) is 12.2 Å². The normalized spacial score (nSPS) is 25.5. The Balaban J connectivity index is 2.48. The van der Waals surface area contributed by atoms with E-state index in [1.807, 2.05) is 11.8 Å². The summed E-state index contributed by atoms with van der Waals surface area (Å²) in [6.45, 7) is 6.36. The maximum Gasteiger partial charge on any atom is 0.242 e. The van der Waals surface area contributed by atoms with Gasteiger partial charge in [0.25, 0.3) is 0 Å².